The predicted molar refractivity (Wildman–Crippen MR) is 119 cm³/mol. The van der Waals surface area contributed by atoms with Crippen molar-refractivity contribution < 1.29 is 48.7 Å². The van der Waals surface area contributed by atoms with Crippen LogP contribution in [0.4, 0.5) is 28.4 Å². The highest BCUT2D eigenvalue weighted by atomic mass is 32.2. The van der Waals surface area contributed by atoms with Crippen molar-refractivity contribution in [2.24, 2.45) is 15.3 Å². The number of nitrogens with zero attached hydrogens (tertiary/aromatic N) is 3. The molecule has 0 spiro atoms. The lowest BCUT2D eigenvalue weighted by molar-refractivity contribution is 0.326. The second-order valence-corrected chi connectivity index (χ2v) is 11.9. The van der Waals surface area contributed by atoms with Crippen LogP contribution in [-0.4, -0.2) is 55.5 Å². The zero-order valence-corrected chi connectivity index (χ0v) is 20.2. The van der Waals surface area contributed by atoms with Crippen molar-refractivity contribution in [3.63, 3.8) is 0 Å². The molecule has 1 atom stereocenters. The van der Waals surface area contributed by atoms with Crippen LogP contribution in [0.1, 0.15) is 0 Å². The molecular weight excluding hydrogens is 556 g/mol. The van der Waals surface area contributed by atoms with E-state index in [0.29, 0.717) is 12.1 Å². The number of hydrogen-bond donors (Lipinski definition) is 6. The fourth-order valence-corrected chi connectivity index (χ4v) is 5.29. The third kappa shape index (κ3) is 6.82. The summed E-state index contributed by atoms with van der Waals surface area (Å²) in [6.45, 7) is -0.710. The minimum absolute atomic E-state index is 0.478. The molecule has 21 heteroatoms. The van der Waals surface area contributed by atoms with E-state index >= 15 is 0 Å². The number of hydrogen-bond acceptors (Lipinski definition) is 14. The molecule has 192 valence electrons. The van der Waals surface area contributed by atoms with Crippen LogP contribution in [0.15, 0.2) is 54.3 Å². The molecule has 0 saturated carbocycles. The predicted octanol–water partition coefficient (Wildman–Crippen LogP) is 1.35. The molecule has 0 heterocycles. The van der Waals surface area contributed by atoms with Crippen molar-refractivity contribution in [3.8, 4) is 0 Å². The van der Waals surface area contributed by atoms with E-state index in [1.807, 2.05) is 0 Å². The number of azo groups is 1. The van der Waals surface area contributed by atoms with Crippen LogP contribution < -0.4 is 11.5 Å². The summed E-state index contributed by atoms with van der Waals surface area (Å²) in [6.07, 6.45) is 0. The maximum absolute atomic E-state index is 12.4. The third-order valence-electron chi connectivity index (χ3n) is 4.07. The summed E-state index contributed by atoms with van der Waals surface area (Å²) in [5.74, 6) is -0.821. The molecule has 0 saturated heterocycles. The molecule has 2 aromatic carbocycles. The Bertz CT molecular complexity index is 1590. The normalized spacial score (nSPS) is 14.4. The molecule has 2 rings (SSSR count). The standard InChI is InChI=1S/C14H16N6O11S4/c15-12-9(6-11(35(28,29)30)13(16)14(12)18-17)20-19-8-2-1-7(5-10(8)34(25,26)27)33(23,24)4-3-31-32(21)22/h1-2,5-6,17H,3-4,15-16H2,(H,21,22)(H,25,26,27)(H,28,29,30)/i/hD. The summed E-state index contributed by atoms with van der Waals surface area (Å²) >= 11 is -2.74. The summed E-state index contributed by atoms with van der Waals surface area (Å²) in [7, 11) is -14.3. The lowest BCUT2D eigenvalue weighted by Crippen LogP contribution is -2.14. The minimum Gasteiger partial charge on any atom is -0.396 e. The van der Waals surface area contributed by atoms with Gasteiger partial charge in [0.25, 0.3) is 20.2 Å². The van der Waals surface area contributed by atoms with Gasteiger partial charge in [-0.3, -0.25) is 17.8 Å². The minimum atomic E-state index is -5.10. The maximum atomic E-state index is 12.4. The molecular formula is C14H16N6O11S4. The molecule has 2 aromatic rings. The number of anilines is 2. The van der Waals surface area contributed by atoms with Gasteiger partial charge in [0.05, 0.1) is 28.6 Å². The van der Waals surface area contributed by atoms with E-state index in [4.69, 9.17) is 17.4 Å². The third-order valence-corrected chi connectivity index (χ3v) is 7.89. The Morgan fingerprint density at radius 3 is 2.11 bits per heavy atom. The molecule has 0 amide bonds. The second kappa shape index (κ2) is 10.4. The monoisotopic (exact) mass is 573 g/mol. The van der Waals surface area contributed by atoms with Gasteiger partial charge in [0.2, 0.25) is 1.41 Å². The number of nitrogens with two attached hydrogens (primary N) is 2. The largest absolute Gasteiger partial charge is 0.396 e. The first-order valence-electron chi connectivity index (χ1n) is 8.98. The molecule has 0 aromatic heterocycles. The highest BCUT2D eigenvalue weighted by molar-refractivity contribution is 7.91. The fraction of sp³-hybridized carbons (Fsp3) is 0.143. The summed E-state index contributed by atoms with van der Waals surface area (Å²) in [4.78, 5) is -2.59. The zero-order valence-electron chi connectivity index (χ0n) is 17.9. The first kappa shape index (κ1) is 26.7. The molecule has 1 unspecified atom stereocenters. The average molecular weight is 574 g/mol. The van der Waals surface area contributed by atoms with Crippen LogP contribution in [0.2, 0.25) is 1.41 Å². The number of sulfone groups is 1. The van der Waals surface area contributed by atoms with E-state index in [-0.39, 0.29) is 0 Å². The SMILES string of the molecule is [2H]N=Nc1c(N)c(N=Nc2ccc(S(=O)(=O)CCOS(=O)O)cc2S(=O)(=O)O)cc(S(=O)(=O)O)c1N. The van der Waals surface area contributed by atoms with Gasteiger partial charge in [-0.1, -0.05) is 0 Å². The van der Waals surface area contributed by atoms with Crippen LogP contribution in [0, 0.1) is 5.52 Å². The maximum Gasteiger partial charge on any atom is 0.301 e. The summed E-state index contributed by atoms with van der Waals surface area (Å²) in [6, 6.07) is 2.89. The smallest absolute Gasteiger partial charge is 0.301 e. The zero-order chi connectivity index (χ0) is 27.5. The van der Waals surface area contributed by atoms with Gasteiger partial charge in [0, 0.05) is 0 Å². The van der Waals surface area contributed by atoms with Gasteiger partial charge in [-0.25, -0.2) is 13.9 Å². The highest BCUT2D eigenvalue weighted by Crippen LogP contribution is 2.42. The van der Waals surface area contributed by atoms with E-state index in [0.717, 1.165) is 12.1 Å². The van der Waals surface area contributed by atoms with Crippen LogP contribution >= 0.6 is 0 Å². The van der Waals surface area contributed by atoms with Crippen LogP contribution in [-0.2, 0) is 45.6 Å². The average Bonchev–Trinajstić information content (AvgIpc) is 2.74. The van der Waals surface area contributed by atoms with Gasteiger partial charge in [0.15, 0.2) is 9.84 Å². The van der Waals surface area contributed by atoms with Gasteiger partial charge in [-0.05, 0) is 24.3 Å². The Morgan fingerprint density at radius 1 is 0.971 bits per heavy atom. The van der Waals surface area contributed by atoms with Crippen LogP contribution in [0.25, 0.3) is 0 Å². The lowest BCUT2D eigenvalue weighted by atomic mass is 10.2. The van der Waals surface area contributed by atoms with Crippen molar-refractivity contribution in [1.29, 1.82) is 5.52 Å². The molecule has 0 aliphatic carbocycles. The Morgan fingerprint density at radius 2 is 1.57 bits per heavy atom. The molecule has 17 nitrogen and oxygen atoms in total. The van der Waals surface area contributed by atoms with Gasteiger partial charge in [-0.2, -0.15) is 26.2 Å². The topological polar surface area (TPSA) is 302 Å². The summed E-state index contributed by atoms with van der Waals surface area (Å²) in [5.41, 5.74) is 11.1. The number of rotatable bonds is 10. The molecule has 0 aliphatic heterocycles. The van der Waals surface area contributed by atoms with E-state index in [2.05, 4.69) is 25.0 Å². The molecule has 0 fully saturated rings. The van der Waals surface area contributed by atoms with E-state index < -0.39 is 96.9 Å². The Kier molecular flexibility index (Phi) is 7.90. The number of nitrogen functional groups attached to an aromatic ring is 2. The number of benzene rings is 2. The van der Waals surface area contributed by atoms with Crippen molar-refractivity contribution in [1.82, 2.24) is 0 Å². The van der Waals surface area contributed by atoms with Crippen molar-refractivity contribution in [2.75, 3.05) is 23.8 Å². The van der Waals surface area contributed by atoms with Crippen LogP contribution in [0.3, 0.4) is 0 Å². The van der Waals surface area contributed by atoms with Crippen LogP contribution in [0.5, 0.6) is 0 Å². The Labute approximate surface area is 202 Å². The first-order chi connectivity index (χ1) is 16.5. The molecule has 8 N–H and O–H groups in total. The van der Waals surface area contributed by atoms with Gasteiger partial charge < -0.3 is 11.5 Å². The quantitative estimate of drug-likeness (QED) is 0.101. The number of nitrogens with one attached hydrogen (secondary N) is 1. The van der Waals surface area contributed by atoms with E-state index in [9.17, 15) is 38.6 Å². The highest BCUT2D eigenvalue weighted by Gasteiger charge is 2.24. The summed E-state index contributed by atoms with van der Waals surface area (Å²) in [5, 5.41) is 10.4. The van der Waals surface area contributed by atoms with E-state index in [1.54, 1.807) is 0 Å². The summed E-state index contributed by atoms with van der Waals surface area (Å²) < 4.78 is 121. The van der Waals surface area contributed by atoms with Crippen molar-refractivity contribution >= 4 is 69.9 Å². The van der Waals surface area contributed by atoms with Gasteiger partial charge in [-0.15, -0.1) is 10.2 Å². The van der Waals surface area contributed by atoms with E-state index in [1.165, 1.54) is 0 Å². The molecule has 0 aliphatic rings. The van der Waals surface area contributed by atoms with Gasteiger partial charge >= 0.3 is 11.4 Å². The second-order valence-electron chi connectivity index (χ2n) is 6.31. The lowest BCUT2D eigenvalue weighted by Gasteiger charge is -2.10. The van der Waals surface area contributed by atoms with Gasteiger partial charge in [0.1, 0.15) is 26.9 Å². The molecule has 35 heavy (non-hydrogen) atoms. The Hall–Kier alpha value is -2.92. The fourth-order valence-electron chi connectivity index (χ4n) is 2.48. The van der Waals surface area contributed by atoms with Crippen molar-refractivity contribution in [3.05, 3.63) is 24.3 Å². The Balaban J connectivity index is 2.64. The van der Waals surface area contributed by atoms with Crippen molar-refractivity contribution in [2.45, 2.75) is 14.7 Å². The molecule has 0 bridgehead atoms. The first-order valence-corrected chi connectivity index (χ1v) is 14.1. The molecule has 0 radical (unpaired) electrons.